The molecule has 110 valence electrons. The first kappa shape index (κ1) is 14.2. The largest absolute Gasteiger partial charge is 0.474 e. The van der Waals surface area contributed by atoms with Crippen molar-refractivity contribution in [2.24, 2.45) is 0 Å². The SMILES string of the molecule is N#CCCCN1C(=O)C(c2ccccc2)Oc2ccccc21. The zero-order valence-electron chi connectivity index (χ0n) is 12.1. The van der Waals surface area contributed by atoms with Crippen LogP contribution in [-0.4, -0.2) is 12.5 Å². The van der Waals surface area contributed by atoms with Crippen molar-refractivity contribution in [2.45, 2.75) is 18.9 Å². The molecule has 22 heavy (non-hydrogen) atoms. The molecule has 2 aromatic carbocycles. The molecular weight excluding hydrogens is 276 g/mol. The summed E-state index contributed by atoms with van der Waals surface area (Å²) in [5, 5.41) is 8.71. The molecule has 3 rings (SSSR count). The van der Waals surface area contributed by atoms with E-state index >= 15 is 0 Å². The summed E-state index contributed by atoms with van der Waals surface area (Å²) in [4.78, 5) is 14.5. The van der Waals surface area contributed by atoms with Crippen molar-refractivity contribution >= 4 is 11.6 Å². The predicted molar refractivity (Wildman–Crippen MR) is 83.5 cm³/mol. The van der Waals surface area contributed by atoms with Crippen LogP contribution in [0.3, 0.4) is 0 Å². The van der Waals surface area contributed by atoms with E-state index in [4.69, 9.17) is 10.00 Å². The number of unbranched alkanes of at least 4 members (excludes halogenated alkanes) is 1. The van der Waals surface area contributed by atoms with Gasteiger partial charge in [-0.05, 0) is 18.6 Å². The second-order valence-electron chi connectivity index (χ2n) is 5.13. The first-order valence-corrected chi connectivity index (χ1v) is 7.30. The maximum Gasteiger partial charge on any atom is 0.272 e. The Morgan fingerprint density at radius 2 is 1.82 bits per heavy atom. The van der Waals surface area contributed by atoms with Crippen molar-refractivity contribution in [1.29, 1.82) is 5.26 Å². The number of carbonyl (C=O) groups is 1. The molecule has 0 bridgehead atoms. The standard InChI is InChI=1S/C18H16N2O2/c19-12-6-7-13-20-15-10-4-5-11-16(15)22-17(18(20)21)14-8-2-1-3-9-14/h1-5,8-11,17H,6-7,13H2. The van der Waals surface area contributed by atoms with Crippen molar-refractivity contribution in [3.63, 3.8) is 0 Å². The summed E-state index contributed by atoms with van der Waals surface area (Å²) in [7, 11) is 0. The molecule has 1 heterocycles. The van der Waals surface area contributed by atoms with E-state index in [2.05, 4.69) is 6.07 Å². The molecule has 1 unspecified atom stereocenters. The van der Waals surface area contributed by atoms with Gasteiger partial charge < -0.3 is 9.64 Å². The summed E-state index contributed by atoms with van der Waals surface area (Å²) in [6.45, 7) is 0.524. The number of amides is 1. The number of ether oxygens (including phenoxy) is 1. The minimum Gasteiger partial charge on any atom is -0.474 e. The van der Waals surface area contributed by atoms with E-state index in [1.54, 1.807) is 4.90 Å². The van der Waals surface area contributed by atoms with E-state index in [0.29, 0.717) is 25.1 Å². The lowest BCUT2D eigenvalue weighted by Gasteiger charge is -2.34. The average Bonchev–Trinajstić information content (AvgIpc) is 2.57. The van der Waals surface area contributed by atoms with Gasteiger partial charge in [-0.15, -0.1) is 0 Å². The summed E-state index contributed by atoms with van der Waals surface area (Å²) < 4.78 is 5.91. The minimum absolute atomic E-state index is 0.0807. The van der Waals surface area contributed by atoms with Gasteiger partial charge in [0, 0.05) is 18.5 Å². The third kappa shape index (κ3) is 2.66. The Kier molecular flexibility index (Phi) is 4.06. The fourth-order valence-corrected chi connectivity index (χ4v) is 2.60. The van der Waals surface area contributed by atoms with E-state index in [1.807, 2.05) is 54.6 Å². The molecule has 0 radical (unpaired) electrons. The van der Waals surface area contributed by atoms with Gasteiger partial charge in [0.2, 0.25) is 6.10 Å². The third-order valence-corrected chi connectivity index (χ3v) is 3.66. The molecule has 0 spiro atoms. The Balaban J connectivity index is 1.94. The highest BCUT2D eigenvalue weighted by atomic mass is 16.5. The normalized spacial score (nSPS) is 16.6. The first-order chi connectivity index (χ1) is 10.8. The first-order valence-electron chi connectivity index (χ1n) is 7.30. The Morgan fingerprint density at radius 1 is 1.09 bits per heavy atom. The number of rotatable bonds is 4. The van der Waals surface area contributed by atoms with E-state index in [0.717, 1.165) is 11.3 Å². The number of benzene rings is 2. The number of nitriles is 1. The van der Waals surface area contributed by atoms with Crippen LogP contribution in [0, 0.1) is 11.3 Å². The van der Waals surface area contributed by atoms with Crippen LogP contribution >= 0.6 is 0 Å². The maximum atomic E-state index is 12.8. The van der Waals surface area contributed by atoms with Gasteiger partial charge in [-0.3, -0.25) is 4.79 Å². The Bertz CT molecular complexity index is 707. The zero-order valence-corrected chi connectivity index (χ0v) is 12.1. The van der Waals surface area contributed by atoms with Gasteiger partial charge in [-0.2, -0.15) is 5.26 Å². The lowest BCUT2D eigenvalue weighted by Crippen LogP contribution is -2.41. The number of hydrogen-bond donors (Lipinski definition) is 0. The van der Waals surface area contributed by atoms with Gasteiger partial charge in [0.15, 0.2) is 0 Å². The molecule has 1 amide bonds. The quantitative estimate of drug-likeness (QED) is 0.811. The third-order valence-electron chi connectivity index (χ3n) is 3.66. The van der Waals surface area contributed by atoms with Gasteiger partial charge in [-0.1, -0.05) is 42.5 Å². The smallest absolute Gasteiger partial charge is 0.272 e. The van der Waals surface area contributed by atoms with Gasteiger partial charge >= 0.3 is 0 Å². The van der Waals surface area contributed by atoms with Crippen molar-refractivity contribution in [1.82, 2.24) is 0 Å². The molecule has 0 aliphatic carbocycles. The van der Waals surface area contributed by atoms with Crippen LogP contribution < -0.4 is 9.64 Å². The van der Waals surface area contributed by atoms with Crippen LogP contribution in [0.2, 0.25) is 0 Å². The van der Waals surface area contributed by atoms with E-state index in [9.17, 15) is 4.79 Å². The number of hydrogen-bond acceptors (Lipinski definition) is 3. The van der Waals surface area contributed by atoms with Crippen LogP contribution in [0.1, 0.15) is 24.5 Å². The molecule has 0 N–H and O–H groups in total. The second-order valence-corrected chi connectivity index (χ2v) is 5.13. The molecule has 1 aliphatic heterocycles. The highest BCUT2D eigenvalue weighted by Gasteiger charge is 2.34. The number of carbonyl (C=O) groups excluding carboxylic acids is 1. The predicted octanol–water partition coefficient (Wildman–Crippen LogP) is 3.46. The van der Waals surface area contributed by atoms with Gasteiger partial charge in [0.25, 0.3) is 5.91 Å². The van der Waals surface area contributed by atoms with E-state index < -0.39 is 6.10 Å². The minimum atomic E-state index is -0.627. The van der Waals surface area contributed by atoms with Crippen molar-refractivity contribution in [3.8, 4) is 11.8 Å². The Morgan fingerprint density at radius 3 is 2.59 bits per heavy atom. The molecule has 2 aromatic rings. The highest BCUT2D eigenvalue weighted by molar-refractivity contribution is 6.00. The Labute approximate surface area is 129 Å². The van der Waals surface area contributed by atoms with Gasteiger partial charge in [0.05, 0.1) is 11.8 Å². The summed E-state index contributed by atoms with van der Waals surface area (Å²) in [6, 6.07) is 19.1. The number of para-hydroxylation sites is 2. The summed E-state index contributed by atoms with van der Waals surface area (Å²) in [6.07, 6.45) is 0.458. The maximum absolute atomic E-state index is 12.8. The highest BCUT2D eigenvalue weighted by Crippen LogP contribution is 2.38. The number of fused-ring (bicyclic) bond motifs is 1. The van der Waals surface area contributed by atoms with Crippen LogP contribution in [0.5, 0.6) is 5.75 Å². The van der Waals surface area contributed by atoms with Gasteiger partial charge in [-0.25, -0.2) is 0 Å². The molecular formula is C18H16N2O2. The van der Waals surface area contributed by atoms with Gasteiger partial charge in [0.1, 0.15) is 5.75 Å². The molecule has 0 aromatic heterocycles. The lowest BCUT2D eigenvalue weighted by atomic mass is 10.1. The second kappa shape index (κ2) is 6.31. The number of anilines is 1. The molecule has 4 heteroatoms. The van der Waals surface area contributed by atoms with Crippen LogP contribution in [-0.2, 0) is 4.79 Å². The van der Waals surface area contributed by atoms with Crippen molar-refractivity contribution in [3.05, 3.63) is 60.2 Å². The molecule has 1 aliphatic rings. The molecule has 4 nitrogen and oxygen atoms in total. The molecule has 0 saturated carbocycles. The fraction of sp³-hybridized carbons (Fsp3) is 0.222. The van der Waals surface area contributed by atoms with E-state index in [-0.39, 0.29) is 5.91 Å². The van der Waals surface area contributed by atoms with Crippen LogP contribution in [0.25, 0.3) is 0 Å². The van der Waals surface area contributed by atoms with Crippen molar-refractivity contribution in [2.75, 3.05) is 11.4 Å². The fourth-order valence-electron chi connectivity index (χ4n) is 2.60. The molecule has 0 saturated heterocycles. The molecule has 1 atom stereocenters. The summed E-state index contributed by atoms with van der Waals surface area (Å²) in [5.74, 6) is 0.621. The van der Waals surface area contributed by atoms with E-state index in [1.165, 1.54) is 0 Å². The lowest BCUT2D eigenvalue weighted by molar-refractivity contribution is -0.126. The average molecular weight is 292 g/mol. The number of nitrogens with zero attached hydrogens (tertiary/aromatic N) is 2. The van der Waals surface area contributed by atoms with Crippen LogP contribution in [0.15, 0.2) is 54.6 Å². The molecule has 0 fully saturated rings. The topological polar surface area (TPSA) is 53.3 Å². The zero-order chi connectivity index (χ0) is 15.4. The van der Waals surface area contributed by atoms with Crippen molar-refractivity contribution < 1.29 is 9.53 Å². The summed E-state index contributed by atoms with van der Waals surface area (Å²) >= 11 is 0. The van der Waals surface area contributed by atoms with Crippen LogP contribution in [0.4, 0.5) is 5.69 Å². The summed E-state index contributed by atoms with van der Waals surface area (Å²) in [5.41, 5.74) is 1.62. The monoisotopic (exact) mass is 292 g/mol. The Hall–Kier alpha value is -2.80.